The highest BCUT2D eigenvalue weighted by atomic mass is 79.9. The van der Waals surface area contributed by atoms with Crippen LogP contribution in [0.3, 0.4) is 0 Å². The number of hydrogen-bond acceptors (Lipinski definition) is 4. The van der Waals surface area contributed by atoms with Crippen molar-refractivity contribution < 1.29 is 9.90 Å². The van der Waals surface area contributed by atoms with Crippen molar-refractivity contribution in [1.29, 1.82) is 0 Å². The van der Waals surface area contributed by atoms with E-state index in [4.69, 9.17) is 5.11 Å². The van der Waals surface area contributed by atoms with E-state index in [-0.39, 0.29) is 5.92 Å². The number of rotatable bonds is 6. The summed E-state index contributed by atoms with van der Waals surface area (Å²) in [4.78, 5) is 15.0. The van der Waals surface area contributed by atoms with Gasteiger partial charge in [-0.2, -0.15) is 0 Å². The molecule has 0 fully saturated rings. The minimum absolute atomic E-state index is 0.335. The third kappa shape index (κ3) is 4.17. The highest BCUT2D eigenvalue weighted by Gasteiger charge is 2.16. The molecule has 4 nitrogen and oxygen atoms in total. The van der Waals surface area contributed by atoms with Crippen LogP contribution in [0, 0.1) is 5.92 Å². The lowest BCUT2D eigenvalue weighted by Gasteiger charge is -2.11. The molecule has 0 aliphatic heterocycles. The molecule has 2 N–H and O–H groups in total. The maximum atomic E-state index is 10.8. The van der Waals surface area contributed by atoms with Crippen molar-refractivity contribution in [3.05, 3.63) is 9.98 Å². The monoisotopic (exact) mass is 292 g/mol. The Morgan fingerprint density at radius 2 is 2.53 bits per heavy atom. The fourth-order valence-corrected chi connectivity index (χ4v) is 2.36. The summed E-state index contributed by atoms with van der Waals surface area (Å²) < 4.78 is 0.775. The minimum Gasteiger partial charge on any atom is -0.481 e. The van der Waals surface area contributed by atoms with Crippen molar-refractivity contribution in [3.8, 4) is 0 Å². The maximum Gasteiger partial charge on any atom is 0.308 e. The molecule has 0 spiro atoms. The van der Waals surface area contributed by atoms with Gasteiger partial charge in [0.2, 0.25) is 0 Å². The van der Waals surface area contributed by atoms with Crippen LogP contribution in [0.4, 0.5) is 5.13 Å². The summed E-state index contributed by atoms with van der Waals surface area (Å²) in [7, 11) is 0. The van der Waals surface area contributed by atoms with Gasteiger partial charge in [-0.1, -0.05) is 13.3 Å². The van der Waals surface area contributed by atoms with Crippen molar-refractivity contribution >= 4 is 38.4 Å². The molecule has 0 radical (unpaired) electrons. The van der Waals surface area contributed by atoms with E-state index in [1.807, 2.05) is 12.3 Å². The molecule has 0 aliphatic rings. The van der Waals surface area contributed by atoms with Gasteiger partial charge in [0.15, 0.2) is 5.13 Å². The first kappa shape index (κ1) is 12.4. The van der Waals surface area contributed by atoms with Crippen LogP contribution in [0.5, 0.6) is 0 Å². The average molecular weight is 293 g/mol. The Morgan fingerprint density at radius 1 is 1.80 bits per heavy atom. The second kappa shape index (κ2) is 6.07. The van der Waals surface area contributed by atoms with Crippen LogP contribution in [-0.2, 0) is 4.79 Å². The Balaban J connectivity index is 2.43. The Hall–Kier alpha value is -0.620. The number of thiazole rings is 1. The van der Waals surface area contributed by atoms with Crippen molar-refractivity contribution in [1.82, 2.24) is 4.98 Å². The fourth-order valence-electron chi connectivity index (χ4n) is 1.21. The van der Waals surface area contributed by atoms with E-state index in [0.717, 1.165) is 16.2 Å². The lowest BCUT2D eigenvalue weighted by molar-refractivity contribution is -0.141. The molecule has 0 aliphatic carbocycles. The highest BCUT2D eigenvalue weighted by molar-refractivity contribution is 9.10. The third-order valence-electron chi connectivity index (χ3n) is 1.96. The molecule has 0 aromatic carbocycles. The van der Waals surface area contributed by atoms with Gasteiger partial charge in [0, 0.05) is 11.9 Å². The molecule has 1 aromatic heterocycles. The molecule has 6 heteroatoms. The number of aliphatic carboxylic acids is 1. The van der Waals surface area contributed by atoms with E-state index < -0.39 is 5.97 Å². The normalized spacial score (nSPS) is 12.4. The zero-order chi connectivity index (χ0) is 11.3. The van der Waals surface area contributed by atoms with Gasteiger partial charge >= 0.3 is 5.97 Å². The maximum absolute atomic E-state index is 10.8. The predicted molar refractivity (Wildman–Crippen MR) is 64.3 cm³/mol. The number of nitrogens with one attached hydrogen (secondary N) is 1. The van der Waals surface area contributed by atoms with Crippen LogP contribution < -0.4 is 5.32 Å². The number of carboxylic acids is 1. The number of halogens is 1. The summed E-state index contributed by atoms with van der Waals surface area (Å²) in [6, 6.07) is 0. The summed E-state index contributed by atoms with van der Waals surface area (Å²) >= 11 is 4.70. The van der Waals surface area contributed by atoms with Crippen molar-refractivity contribution in [2.45, 2.75) is 19.8 Å². The van der Waals surface area contributed by atoms with Crippen LogP contribution >= 0.6 is 27.3 Å². The second-order valence-electron chi connectivity index (χ2n) is 3.18. The predicted octanol–water partition coefficient (Wildman–Crippen LogP) is 2.82. The van der Waals surface area contributed by atoms with Crippen molar-refractivity contribution in [2.24, 2.45) is 5.92 Å². The quantitative estimate of drug-likeness (QED) is 0.846. The van der Waals surface area contributed by atoms with E-state index in [0.29, 0.717) is 13.0 Å². The first-order valence-electron chi connectivity index (χ1n) is 4.71. The first-order valence-corrected chi connectivity index (χ1v) is 6.38. The van der Waals surface area contributed by atoms with Gasteiger partial charge in [0.05, 0.1) is 5.92 Å². The number of nitrogens with zero attached hydrogens (tertiary/aromatic N) is 1. The SMILES string of the molecule is CCCC(CNc1nc(Br)cs1)C(=O)O. The zero-order valence-electron chi connectivity index (χ0n) is 8.36. The number of aromatic nitrogens is 1. The van der Waals surface area contributed by atoms with E-state index in [9.17, 15) is 4.79 Å². The molecule has 0 saturated carbocycles. The molecule has 1 atom stereocenters. The Bertz CT molecular complexity index is 330. The highest BCUT2D eigenvalue weighted by Crippen LogP contribution is 2.20. The van der Waals surface area contributed by atoms with Crippen LogP contribution in [0.1, 0.15) is 19.8 Å². The molecule has 0 saturated heterocycles. The molecule has 15 heavy (non-hydrogen) atoms. The number of carbonyl (C=O) groups is 1. The molecule has 1 rings (SSSR count). The Kier molecular flexibility index (Phi) is 5.04. The standard InChI is InChI=1S/C9H13BrN2O2S/c1-2-3-6(8(13)14)4-11-9-12-7(10)5-15-9/h5-6H,2-4H2,1H3,(H,11,12)(H,13,14). The van der Waals surface area contributed by atoms with Gasteiger partial charge in [-0.05, 0) is 22.4 Å². The third-order valence-corrected chi connectivity index (χ3v) is 3.47. The van der Waals surface area contributed by atoms with Gasteiger partial charge in [-0.3, -0.25) is 4.79 Å². The van der Waals surface area contributed by atoms with E-state index in [2.05, 4.69) is 26.2 Å². The molecule has 0 amide bonds. The van der Waals surface area contributed by atoms with Crippen molar-refractivity contribution in [2.75, 3.05) is 11.9 Å². The minimum atomic E-state index is -0.750. The van der Waals surface area contributed by atoms with Crippen LogP contribution in [0.15, 0.2) is 9.98 Å². The van der Waals surface area contributed by atoms with Crippen LogP contribution in [0.2, 0.25) is 0 Å². The lowest BCUT2D eigenvalue weighted by atomic mass is 10.0. The first-order chi connectivity index (χ1) is 7.13. The molecule has 1 unspecified atom stereocenters. The second-order valence-corrected chi connectivity index (χ2v) is 4.85. The van der Waals surface area contributed by atoms with Crippen molar-refractivity contribution in [3.63, 3.8) is 0 Å². The van der Waals surface area contributed by atoms with Gasteiger partial charge in [-0.25, -0.2) is 4.98 Å². The van der Waals surface area contributed by atoms with Gasteiger partial charge < -0.3 is 10.4 Å². The largest absolute Gasteiger partial charge is 0.481 e. The van der Waals surface area contributed by atoms with E-state index in [1.165, 1.54) is 11.3 Å². The van der Waals surface area contributed by atoms with E-state index >= 15 is 0 Å². The fraction of sp³-hybridized carbons (Fsp3) is 0.556. The summed E-state index contributed by atoms with van der Waals surface area (Å²) in [5.41, 5.74) is 0. The average Bonchev–Trinajstić information content (AvgIpc) is 2.58. The zero-order valence-corrected chi connectivity index (χ0v) is 10.8. The smallest absolute Gasteiger partial charge is 0.308 e. The van der Waals surface area contributed by atoms with Crippen LogP contribution in [0.25, 0.3) is 0 Å². The number of carboxylic acid groups (broad SMARTS) is 1. The molecule has 1 heterocycles. The molecular weight excluding hydrogens is 280 g/mol. The topological polar surface area (TPSA) is 62.2 Å². The molecule has 84 valence electrons. The van der Waals surface area contributed by atoms with Crippen LogP contribution in [-0.4, -0.2) is 22.6 Å². The lowest BCUT2D eigenvalue weighted by Crippen LogP contribution is -2.22. The number of anilines is 1. The Morgan fingerprint density at radius 3 is 3.00 bits per heavy atom. The summed E-state index contributed by atoms with van der Waals surface area (Å²) in [6.07, 6.45) is 1.56. The molecular formula is C9H13BrN2O2S. The molecule has 0 bridgehead atoms. The van der Waals surface area contributed by atoms with Gasteiger partial charge in [0.1, 0.15) is 4.60 Å². The van der Waals surface area contributed by atoms with E-state index in [1.54, 1.807) is 0 Å². The number of hydrogen-bond donors (Lipinski definition) is 2. The Labute approximate surface area is 101 Å². The molecule has 1 aromatic rings. The summed E-state index contributed by atoms with van der Waals surface area (Å²) in [5.74, 6) is -1.09. The summed E-state index contributed by atoms with van der Waals surface area (Å²) in [5, 5.41) is 14.6. The van der Waals surface area contributed by atoms with Gasteiger partial charge in [-0.15, -0.1) is 11.3 Å². The van der Waals surface area contributed by atoms with Gasteiger partial charge in [0.25, 0.3) is 0 Å². The summed E-state index contributed by atoms with van der Waals surface area (Å²) in [6.45, 7) is 2.42.